The number of aryl methyl sites for hydroxylation is 2. The van der Waals surface area contributed by atoms with Crippen molar-refractivity contribution >= 4 is 26.7 Å². The molecule has 3 aromatic carbocycles. The number of carbonyl (C=O) groups excluding carboxylic acids is 1. The van der Waals surface area contributed by atoms with Crippen molar-refractivity contribution in [1.29, 1.82) is 0 Å². The van der Waals surface area contributed by atoms with E-state index in [2.05, 4.69) is 0 Å². The smallest absolute Gasteiger partial charge is 0.260 e. The number of benzene rings is 3. The molecule has 4 rings (SSSR count). The van der Waals surface area contributed by atoms with Crippen molar-refractivity contribution in [2.75, 3.05) is 32.8 Å². The number of sulfonamides is 1. The molecule has 0 saturated carbocycles. The van der Waals surface area contributed by atoms with Gasteiger partial charge in [0.1, 0.15) is 5.75 Å². The van der Waals surface area contributed by atoms with Crippen LogP contribution >= 0.6 is 0 Å². The predicted molar refractivity (Wildman–Crippen MR) is 130 cm³/mol. The number of hydrogen-bond donors (Lipinski definition) is 0. The highest BCUT2D eigenvalue weighted by Crippen LogP contribution is 2.29. The SMILES string of the molecule is Cc1cc(C)c(C)c(S(=O)(=O)N2CCN(C(=O)COc3cccc4ccccc34)CC2)c1C. The molecule has 1 fully saturated rings. The van der Waals surface area contributed by atoms with Crippen molar-refractivity contribution in [3.05, 3.63) is 70.8 Å². The maximum atomic E-state index is 13.4. The van der Waals surface area contributed by atoms with Gasteiger partial charge < -0.3 is 9.64 Å². The van der Waals surface area contributed by atoms with Gasteiger partial charge in [-0.15, -0.1) is 0 Å². The van der Waals surface area contributed by atoms with Gasteiger partial charge in [0.05, 0.1) is 4.90 Å². The summed E-state index contributed by atoms with van der Waals surface area (Å²) in [7, 11) is -3.63. The van der Waals surface area contributed by atoms with Crippen molar-refractivity contribution in [2.24, 2.45) is 0 Å². The number of fused-ring (bicyclic) bond motifs is 1. The first kappa shape index (κ1) is 23.3. The van der Waals surface area contributed by atoms with Crippen molar-refractivity contribution in [3.8, 4) is 5.75 Å². The molecule has 0 aromatic heterocycles. The first-order chi connectivity index (χ1) is 15.7. The van der Waals surface area contributed by atoms with E-state index in [4.69, 9.17) is 4.74 Å². The van der Waals surface area contributed by atoms with E-state index in [-0.39, 0.29) is 25.6 Å². The summed E-state index contributed by atoms with van der Waals surface area (Å²) >= 11 is 0. The molecule has 7 heteroatoms. The van der Waals surface area contributed by atoms with Crippen LogP contribution in [0.25, 0.3) is 10.8 Å². The topological polar surface area (TPSA) is 66.9 Å². The lowest BCUT2D eigenvalue weighted by atomic mass is 10.0. The minimum Gasteiger partial charge on any atom is -0.483 e. The third-order valence-electron chi connectivity index (χ3n) is 6.59. The first-order valence-corrected chi connectivity index (χ1v) is 12.6. The van der Waals surface area contributed by atoms with E-state index in [1.165, 1.54) is 4.31 Å². The van der Waals surface area contributed by atoms with Gasteiger partial charge in [0.2, 0.25) is 10.0 Å². The minimum atomic E-state index is -3.63. The molecule has 1 saturated heterocycles. The van der Waals surface area contributed by atoms with Crippen LogP contribution in [0.1, 0.15) is 22.3 Å². The Balaban J connectivity index is 1.42. The molecule has 6 nitrogen and oxygen atoms in total. The van der Waals surface area contributed by atoms with E-state index in [0.29, 0.717) is 23.7 Å². The average molecular weight is 467 g/mol. The van der Waals surface area contributed by atoms with Gasteiger partial charge in [0.15, 0.2) is 6.61 Å². The Morgan fingerprint density at radius 3 is 2.15 bits per heavy atom. The molecule has 0 unspecified atom stereocenters. The molecule has 0 bridgehead atoms. The van der Waals surface area contributed by atoms with Gasteiger partial charge in [-0.05, 0) is 61.4 Å². The van der Waals surface area contributed by atoms with Crippen LogP contribution in [-0.2, 0) is 14.8 Å². The zero-order valence-electron chi connectivity index (χ0n) is 19.6. The summed E-state index contributed by atoms with van der Waals surface area (Å²) in [6.07, 6.45) is 0. The second kappa shape index (κ2) is 9.15. The van der Waals surface area contributed by atoms with Gasteiger partial charge in [-0.2, -0.15) is 4.31 Å². The fourth-order valence-corrected chi connectivity index (χ4v) is 6.42. The Bertz CT molecular complexity index is 1280. The molecule has 174 valence electrons. The lowest BCUT2D eigenvalue weighted by Gasteiger charge is -2.34. The number of nitrogens with zero attached hydrogens (tertiary/aromatic N) is 2. The van der Waals surface area contributed by atoms with Crippen LogP contribution in [0.2, 0.25) is 0 Å². The summed E-state index contributed by atoms with van der Waals surface area (Å²) in [6, 6.07) is 15.7. The molecule has 0 aliphatic carbocycles. The molecule has 1 aliphatic rings. The average Bonchev–Trinajstić information content (AvgIpc) is 2.81. The van der Waals surface area contributed by atoms with Crippen LogP contribution in [0.5, 0.6) is 5.75 Å². The Morgan fingerprint density at radius 2 is 1.48 bits per heavy atom. The van der Waals surface area contributed by atoms with Crippen LogP contribution < -0.4 is 4.74 Å². The summed E-state index contributed by atoms with van der Waals surface area (Å²) < 4.78 is 34.2. The van der Waals surface area contributed by atoms with Crippen LogP contribution in [0.15, 0.2) is 53.4 Å². The van der Waals surface area contributed by atoms with Crippen molar-refractivity contribution < 1.29 is 17.9 Å². The molecular weight excluding hydrogens is 436 g/mol. The number of amides is 1. The molecule has 33 heavy (non-hydrogen) atoms. The molecule has 1 amide bonds. The summed E-state index contributed by atoms with van der Waals surface area (Å²) in [5.41, 5.74) is 3.52. The molecule has 1 aliphatic heterocycles. The zero-order valence-corrected chi connectivity index (χ0v) is 20.4. The second-order valence-corrected chi connectivity index (χ2v) is 10.5. The first-order valence-electron chi connectivity index (χ1n) is 11.2. The number of hydrogen-bond acceptors (Lipinski definition) is 4. The maximum Gasteiger partial charge on any atom is 0.260 e. The molecular formula is C26H30N2O4S. The van der Waals surface area contributed by atoms with Gasteiger partial charge in [-0.3, -0.25) is 4.79 Å². The fourth-order valence-electron chi connectivity index (χ4n) is 4.43. The monoisotopic (exact) mass is 466 g/mol. The molecule has 0 spiro atoms. The van der Waals surface area contributed by atoms with E-state index >= 15 is 0 Å². The molecule has 0 atom stereocenters. The molecule has 1 heterocycles. The minimum absolute atomic E-state index is 0.0734. The summed E-state index contributed by atoms with van der Waals surface area (Å²) in [5, 5.41) is 2.01. The standard InChI is InChI=1S/C26H30N2O4S/c1-18-16-19(2)21(4)26(20(18)3)33(30,31)28-14-12-27(13-15-28)25(29)17-32-24-11-7-9-22-8-5-6-10-23(22)24/h5-11,16H,12-15,17H2,1-4H3. The Hall–Kier alpha value is -2.90. The predicted octanol–water partition coefficient (Wildman–Crippen LogP) is 3.99. The van der Waals surface area contributed by atoms with Gasteiger partial charge in [-0.25, -0.2) is 8.42 Å². The van der Waals surface area contributed by atoms with E-state index in [0.717, 1.165) is 33.0 Å². The highest BCUT2D eigenvalue weighted by atomic mass is 32.2. The molecule has 0 radical (unpaired) electrons. The third kappa shape index (κ3) is 4.48. The van der Waals surface area contributed by atoms with Crippen molar-refractivity contribution in [2.45, 2.75) is 32.6 Å². The third-order valence-corrected chi connectivity index (χ3v) is 8.76. The van der Waals surface area contributed by atoms with E-state index < -0.39 is 10.0 Å². The van der Waals surface area contributed by atoms with Gasteiger partial charge in [0, 0.05) is 31.6 Å². The Labute approximate surface area is 195 Å². The van der Waals surface area contributed by atoms with Gasteiger partial charge >= 0.3 is 0 Å². The number of ether oxygens (including phenoxy) is 1. The van der Waals surface area contributed by atoms with E-state index in [1.54, 1.807) is 4.90 Å². The van der Waals surface area contributed by atoms with Crippen LogP contribution in [0.3, 0.4) is 0 Å². The van der Waals surface area contributed by atoms with Gasteiger partial charge in [0.25, 0.3) is 5.91 Å². The summed E-state index contributed by atoms with van der Waals surface area (Å²) in [4.78, 5) is 14.8. The highest BCUT2D eigenvalue weighted by molar-refractivity contribution is 7.89. The summed E-state index contributed by atoms with van der Waals surface area (Å²) in [5.74, 6) is 0.530. The quantitative estimate of drug-likeness (QED) is 0.570. The largest absolute Gasteiger partial charge is 0.483 e. The Morgan fingerprint density at radius 1 is 0.879 bits per heavy atom. The van der Waals surface area contributed by atoms with Crippen LogP contribution in [0, 0.1) is 27.7 Å². The van der Waals surface area contributed by atoms with Crippen molar-refractivity contribution in [1.82, 2.24) is 9.21 Å². The highest BCUT2D eigenvalue weighted by Gasteiger charge is 2.33. The van der Waals surface area contributed by atoms with E-state index in [9.17, 15) is 13.2 Å². The zero-order chi connectivity index (χ0) is 23.8. The van der Waals surface area contributed by atoms with E-state index in [1.807, 2.05) is 76.2 Å². The van der Waals surface area contributed by atoms with Crippen LogP contribution in [-0.4, -0.2) is 56.3 Å². The lowest BCUT2D eigenvalue weighted by Crippen LogP contribution is -2.51. The number of carbonyl (C=O) groups is 1. The molecule has 0 N–H and O–H groups in total. The Kier molecular flexibility index (Phi) is 6.45. The van der Waals surface area contributed by atoms with Crippen molar-refractivity contribution in [3.63, 3.8) is 0 Å². The number of piperazine rings is 1. The number of rotatable bonds is 5. The van der Waals surface area contributed by atoms with Crippen LogP contribution in [0.4, 0.5) is 0 Å². The normalized spacial score (nSPS) is 15.1. The van der Waals surface area contributed by atoms with Gasteiger partial charge in [-0.1, -0.05) is 42.5 Å². The lowest BCUT2D eigenvalue weighted by molar-refractivity contribution is -0.134. The summed E-state index contributed by atoms with van der Waals surface area (Å²) in [6.45, 7) is 8.76. The fraction of sp³-hybridized carbons (Fsp3) is 0.346. The maximum absolute atomic E-state index is 13.4. The second-order valence-electron chi connectivity index (χ2n) is 8.64. The molecule has 3 aromatic rings.